The monoisotopic (exact) mass is 586 g/mol. The molecule has 1 saturated heterocycles. The van der Waals surface area contributed by atoms with E-state index in [9.17, 15) is 19.8 Å². The minimum Gasteiger partial charge on any atom is -0.497 e. The van der Waals surface area contributed by atoms with Crippen molar-refractivity contribution in [3.05, 3.63) is 35.1 Å². The fraction of sp³-hybridized carbons (Fsp3) is 0.688. The lowest BCUT2D eigenvalue weighted by atomic mass is 9.77. The Balaban J connectivity index is 1.44. The molecule has 1 aromatic carbocycles. The van der Waals surface area contributed by atoms with Crippen molar-refractivity contribution in [2.45, 2.75) is 107 Å². The molecule has 1 amide bonds. The normalized spacial score (nSPS) is 25.9. The number of esters is 1. The highest BCUT2D eigenvalue weighted by atomic mass is 16.7. The molecular formula is C32H46N2O8. The van der Waals surface area contributed by atoms with E-state index < -0.39 is 41.1 Å². The molecule has 1 aromatic rings. The summed E-state index contributed by atoms with van der Waals surface area (Å²) in [6.07, 6.45) is 6.99. The molecule has 10 nitrogen and oxygen atoms in total. The Labute approximate surface area is 248 Å². The molecule has 1 aliphatic carbocycles. The maximum absolute atomic E-state index is 14.0. The molecule has 0 bridgehead atoms. The predicted molar refractivity (Wildman–Crippen MR) is 155 cm³/mol. The molecule has 4 aliphatic rings. The van der Waals surface area contributed by atoms with Crippen molar-refractivity contribution in [3.63, 3.8) is 0 Å². The van der Waals surface area contributed by atoms with Crippen LogP contribution in [0.15, 0.2) is 24.0 Å². The van der Waals surface area contributed by atoms with Gasteiger partial charge in [0.2, 0.25) is 12.7 Å². The number of hydrogen-bond acceptors (Lipinski definition) is 9. The van der Waals surface area contributed by atoms with Gasteiger partial charge < -0.3 is 34.5 Å². The van der Waals surface area contributed by atoms with Gasteiger partial charge in [0.15, 0.2) is 23.2 Å². The smallest absolute Gasteiger partial charge is 0.339 e. The molecule has 1 fully saturated rings. The number of carbonyl (C=O) groups is 2. The highest BCUT2D eigenvalue weighted by Crippen LogP contribution is 2.55. The van der Waals surface area contributed by atoms with Gasteiger partial charge in [0, 0.05) is 19.5 Å². The zero-order valence-electron chi connectivity index (χ0n) is 25.4. The van der Waals surface area contributed by atoms with E-state index in [1.165, 1.54) is 13.8 Å². The summed E-state index contributed by atoms with van der Waals surface area (Å²) in [5.41, 5.74) is -2.00. The van der Waals surface area contributed by atoms with Crippen LogP contribution in [0.5, 0.6) is 11.5 Å². The number of nitrogens with zero attached hydrogens (tertiary/aromatic N) is 1. The van der Waals surface area contributed by atoms with Crippen LogP contribution >= 0.6 is 0 Å². The Bertz CT molecular complexity index is 1210. The molecule has 10 heteroatoms. The first-order valence-electron chi connectivity index (χ1n) is 15.4. The van der Waals surface area contributed by atoms with E-state index in [1.807, 2.05) is 12.1 Å². The summed E-state index contributed by atoms with van der Waals surface area (Å²) in [6, 6.07) is 4.01. The van der Waals surface area contributed by atoms with Crippen LogP contribution in [-0.4, -0.2) is 83.4 Å². The maximum atomic E-state index is 14.0. The summed E-state index contributed by atoms with van der Waals surface area (Å²) in [7, 11) is 1.56. The van der Waals surface area contributed by atoms with Crippen LogP contribution in [0.25, 0.3) is 0 Å². The largest absolute Gasteiger partial charge is 0.497 e. The van der Waals surface area contributed by atoms with Gasteiger partial charge >= 0.3 is 5.97 Å². The van der Waals surface area contributed by atoms with Crippen LogP contribution in [0.2, 0.25) is 0 Å². The molecule has 0 aromatic heterocycles. The summed E-state index contributed by atoms with van der Waals surface area (Å²) in [6.45, 7) is 7.47. The number of amides is 1. The topological polar surface area (TPSA) is 127 Å². The molecule has 4 atom stereocenters. The molecule has 232 valence electrons. The van der Waals surface area contributed by atoms with E-state index in [0.717, 1.165) is 69.2 Å². The lowest BCUT2D eigenvalue weighted by Gasteiger charge is -2.40. The lowest BCUT2D eigenvalue weighted by molar-refractivity contribution is -0.180. The molecule has 0 radical (unpaired) electrons. The number of hydrogen-bond donors (Lipinski definition) is 3. The van der Waals surface area contributed by atoms with Crippen molar-refractivity contribution < 1.29 is 38.7 Å². The van der Waals surface area contributed by atoms with Crippen molar-refractivity contribution in [2.24, 2.45) is 0 Å². The highest BCUT2D eigenvalue weighted by molar-refractivity contribution is 5.88. The molecular weight excluding hydrogens is 540 g/mol. The standard InChI is InChI=1S/C32H46N2O8/c1-5-6-7-8-12-33-26(35)18-32(38,19-30(2,3)37)29(36)42-28-25(39-4)17-31-11-9-13-34(31)14-10-21-15-23-24(41-20-40-23)16-22(21)27(28)31/h15-17,27-28,37-38H,5-14,18-20H2,1-4H3,(H,33,35)/t27-,28?,31+,32+/m1/s1. The van der Waals surface area contributed by atoms with Gasteiger partial charge in [-0.05, 0) is 75.4 Å². The third kappa shape index (κ3) is 5.98. The van der Waals surface area contributed by atoms with Gasteiger partial charge in [-0.2, -0.15) is 0 Å². The average molecular weight is 587 g/mol. The molecule has 3 N–H and O–H groups in total. The Kier molecular flexibility index (Phi) is 8.79. The lowest BCUT2D eigenvalue weighted by Crippen LogP contribution is -2.52. The fourth-order valence-corrected chi connectivity index (χ4v) is 7.35. The van der Waals surface area contributed by atoms with Gasteiger partial charge in [0.25, 0.3) is 0 Å². The predicted octanol–water partition coefficient (Wildman–Crippen LogP) is 3.32. The molecule has 0 saturated carbocycles. The number of carbonyl (C=O) groups excluding carboxylic acids is 2. The molecule has 3 heterocycles. The van der Waals surface area contributed by atoms with Crippen molar-refractivity contribution in [3.8, 4) is 11.5 Å². The van der Waals surface area contributed by atoms with Gasteiger partial charge in [-0.1, -0.05) is 26.2 Å². The van der Waals surface area contributed by atoms with Crippen LogP contribution in [0, 0.1) is 0 Å². The third-order valence-corrected chi connectivity index (χ3v) is 9.11. The summed E-state index contributed by atoms with van der Waals surface area (Å²) >= 11 is 0. The van der Waals surface area contributed by atoms with Gasteiger partial charge in [-0.3, -0.25) is 9.69 Å². The second-order valence-corrected chi connectivity index (χ2v) is 12.9. The van der Waals surface area contributed by atoms with Crippen LogP contribution in [-0.2, 0) is 25.5 Å². The number of methoxy groups -OCH3 is 1. The number of nitrogens with one attached hydrogen (secondary N) is 1. The van der Waals surface area contributed by atoms with Gasteiger partial charge in [0.1, 0.15) is 5.76 Å². The van der Waals surface area contributed by atoms with Gasteiger partial charge in [-0.25, -0.2) is 4.79 Å². The van der Waals surface area contributed by atoms with Crippen LogP contribution in [0.3, 0.4) is 0 Å². The minimum atomic E-state index is -2.24. The zero-order valence-corrected chi connectivity index (χ0v) is 25.4. The third-order valence-electron chi connectivity index (χ3n) is 9.11. The van der Waals surface area contributed by atoms with Crippen LogP contribution in [0.4, 0.5) is 0 Å². The zero-order chi connectivity index (χ0) is 30.1. The Hall–Kier alpha value is -2.82. The number of fused-ring (bicyclic) bond motifs is 3. The molecule has 5 rings (SSSR count). The number of ether oxygens (including phenoxy) is 4. The highest BCUT2D eigenvalue weighted by Gasteiger charge is 2.59. The SMILES string of the molecule is CCCCCCNC(=O)C[C@](O)(CC(C)(C)O)C(=O)OC1C(OC)=C[C@]23CCCN2CCc2cc4c(cc2[C@H]13)OCO4. The van der Waals surface area contributed by atoms with Crippen molar-refractivity contribution >= 4 is 11.9 Å². The summed E-state index contributed by atoms with van der Waals surface area (Å²) < 4.78 is 23.5. The van der Waals surface area contributed by atoms with Crippen LogP contribution in [0.1, 0.15) is 89.2 Å². The first kappa shape index (κ1) is 30.6. The minimum absolute atomic E-state index is 0.158. The first-order chi connectivity index (χ1) is 20.0. The average Bonchev–Trinajstić information content (AvgIpc) is 3.61. The van der Waals surface area contributed by atoms with Crippen molar-refractivity contribution in [1.29, 1.82) is 0 Å². The molecule has 1 spiro atoms. The maximum Gasteiger partial charge on any atom is 0.339 e. The van der Waals surface area contributed by atoms with E-state index in [-0.39, 0.29) is 19.1 Å². The quantitative estimate of drug-likeness (QED) is 0.250. The molecule has 42 heavy (non-hydrogen) atoms. The second-order valence-electron chi connectivity index (χ2n) is 12.9. The van der Waals surface area contributed by atoms with E-state index in [2.05, 4.69) is 23.2 Å². The fourth-order valence-electron chi connectivity index (χ4n) is 7.35. The Morgan fingerprint density at radius 3 is 2.62 bits per heavy atom. The number of unbranched alkanes of at least 4 members (excludes halogenated alkanes) is 3. The Morgan fingerprint density at radius 1 is 1.14 bits per heavy atom. The van der Waals surface area contributed by atoms with Gasteiger partial charge in [-0.15, -0.1) is 0 Å². The van der Waals surface area contributed by atoms with E-state index in [1.54, 1.807) is 7.11 Å². The van der Waals surface area contributed by atoms with Crippen molar-refractivity contribution in [2.75, 3.05) is 33.5 Å². The number of aliphatic hydroxyl groups is 2. The summed E-state index contributed by atoms with van der Waals surface area (Å²) in [5, 5.41) is 25.2. The van der Waals surface area contributed by atoms with E-state index >= 15 is 0 Å². The number of benzene rings is 1. The van der Waals surface area contributed by atoms with E-state index in [0.29, 0.717) is 23.8 Å². The van der Waals surface area contributed by atoms with Gasteiger partial charge in [0.05, 0.1) is 30.6 Å². The second kappa shape index (κ2) is 12.1. The number of rotatable bonds is 12. The van der Waals surface area contributed by atoms with E-state index in [4.69, 9.17) is 18.9 Å². The van der Waals surface area contributed by atoms with Crippen molar-refractivity contribution in [1.82, 2.24) is 10.2 Å². The summed E-state index contributed by atoms with van der Waals surface area (Å²) in [5.74, 6) is 0.139. The molecule has 3 aliphatic heterocycles. The summed E-state index contributed by atoms with van der Waals surface area (Å²) in [4.78, 5) is 29.3. The Morgan fingerprint density at radius 2 is 1.90 bits per heavy atom. The van der Waals surface area contributed by atoms with Crippen LogP contribution < -0.4 is 14.8 Å². The molecule has 1 unspecified atom stereocenters. The first-order valence-corrected chi connectivity index (χ1v) is 15.4.